The molecule has 7 heteroatoms. The molecule has 1 aliphatic heterocycles. The van der Waals surface area contributed by atoms with Gasteiger partial charge in [0.2, 0.25) is 0 Å². The normalized spacial score (nSPS) is 16.8. The summed E-state index contributed by atoms with van der Waals surface area (Å²) in [5.41, 5.74) is 1.04. The SMILES string of the molecule is O=C(O)CN(CC(=O)O)CC1Cc2cc(Br)ccc2O1. The van der Waals surface area contributed by atoms with Crippen molar-refractivity contribution in [2.24, 2.45) is 0 Å². The third-order valence-corrected chi connectivity index (χ3v) is 3.44. The van der Waals surface area contributed by atoms with Crippen molar-refractivity contribution in [3.8, 4) is 5.75 Å². The number of halogens is 1. The van der Waals surface area contributed by atoms with E-state index in [1.54, 1.807) is 0 Å². The van der Waals surface area contributed by atoms with Crippen LogP contribution in [0.15, 0.2) is 22.7 Å². The second-order valence-electron chi connectivity index (χ2n) is 4.65. The van der Waals surface area contributed by atoms with E-state index < -0.39 is 11.9 Å². The second kappa shape index (κ2) is 6.23. The smallest absolute Gasteiger partial charge is 0.317 e. The van der Waals surface area contributed by atoms with Gasteiger partial charge < -0.3 is 14.9 Å². The molecule has 0 saturated carbocycles. The first-order valence-corrected chi connectivity index (χ1v) is 6.84. The number of hydrogen-bond acceptors (Lipinski definition) is 4. The fourth-order valence-electron chi connectivity index (χ4n) is 2.25. The second-order valence-corrected chi connectivity index (χ2v) is 5.57. The van der Waals surface area contributed by atoms with Crippen molar-refractivity contribution in [3.05, 3.63) is 28.2 Å². The first-order chi connectivity index (χ1) is 9.44. The lowest BCUT2D eigenvalue weighted by Crippen LogP contribution is -2.41. The largest absolute Gasteiger partial charge is 0.488 e. The highest BCUT2D eigenvalue weighted by Gasteiger charge is 2.26. The van der Waals surface area contributed by atoms with E-state index in [9.17, 15) is 9.59 Å². The third-order valence-electron chi connectivity index (χ3n) is 2.94. The lowest BCUT2D eigenvalue weighted by molar-refractivity contribution is -0.142. The molecule has 0 fully saturated rings. The molecule has 0 spiro atoms. The molecule has 0 radical (unpaired) electrons. The molecule has 1 unspecified atom stereocenters. The van der Waals surface area contributed by atoms with Crippen molar-refractivity contribution in [1.29, 1.82) is 0 Å². The average Bonchev–Trinajstić information content (AvgIpc) is 2.68. The zero-order valence-electron chi connectivity index (χ0n) is 10.6. The number of aliphatic carboxylic acids is 2. The van der Waals surface area contributed by atoms with Crippen molar-refractivity contribution >= 4 is 27.9 Å². The standard InChI is InChI=1S/C13H14BrNO5/c14-9-1-2-11-8(3-9)4-10(20-11)5-15(6-12(16)17)7-13(18)19/h1-3,10H,4-7H2,(H,16,17)(H,18,19). The first kappa shape index (κ1) is 14.8. The maximum atomic E-state index is 10.7. The van der Waals surface area contributed by atoms with Gasteiger partial charge in [0.25, 0.3) is 0 Å². The van der Waals surface area contributed by atoms with Crippen LogP contribution in [-0.4, -0.2) is 52.8 Å². The molecule has 0 bridgehead atoms. The van der Waals surface area contributed by atoms with Crippen LogP contribution in [0.2, 0.25) is 0 Å². The van der Waals surface area contributed by atoms with E-state index >= 15 is 0 Å². The summed E-state index contributed by atoms with van der Waals surface area (Å²) in [6.45, 7) is -0.358. The van der Waals surface area contributed by atoms with Gasteiger partial charge in [-0.3, -0.25) is 14.5 Å². The monoisotopic (exact) mass is 343 g/mol. The van der Waals surface area contributed by atoms with Crippen LogP contribution in [0.25, 0.3) is 0 Å². The van der Waals surface area contributed by atoms with E-state index in [2.05, 4.69) is 15.9 Å². The van der Waals surface area contributed by atoms with Gasteiger partial charge in [-0.2, -0.15) is 0 Å². The van der Waals surface area contributed by atoms with Gasteiger partial charge in [0.15, 0.2) is 0 Å². The minimum Gasteiger partial charge on any atom is -0.488 e. The molecule has 0 amide bonds. The average molecular weight is 344 g/mol. The summed E-state index contributed by atoms with van der Waals surface area (Å²) in [5, 5.41) is 17.6. The van der Waals surface area contributed by atoms with Crippen LogP contribution in [-0.2, 0) is 16.0 Å². The molecule has 108 valence electrons. The van der Waals surface area contributed by atoms with Gasteiger partial charge in [0, 0.05) is 17.4 Å². The molecule has 2 N–H and O–H groups in total. The van der Waals surface area contributed by atoms with Crippen LogP contribution < -0.4 is 4.74 Å². The highest BCUT2D eigenvalue weighted by atomic mass is 79.9. The number of ether oxygens (including phenoxy) is 1. The Morgan fingerprint density at radius 1 is 1.30 bits per heavy atom. The fourth-order valence-corrected chi connectivity index (χ4v) is 2.65. The van der Waals surface area contributed by atoms with Gasteiger partial charge >= 0.3 is 11.9 Å². The van der Waals surface area contributed by atoms with E-state index in [-0.39, 0.29) is 25.7 Å². The van der Waals surface area contributed by atoms with Crippen molar-refractivity contribution in [1.82, 2.24) is 4.90 Å². The number of carbonyl (C=O) groups is 2. The zero-order chi connectivity index (χ0) is 14.7. The number of hydrogen-bond donors (Lipinski definition) is 2. The molecule has 0 aromatic heterocycles. The Kier molecular flexibility index (Phi) is 4.61. The lowest BCUT2D eigenvalue weighted by Gasteiger charge is -2.21. The molecular formula is C13H14BrNO5. The third kappa shape index (κ3) is 3.94. The maximum absolute atomic E-state index is 10.7. The summed E-state index contributed by atoms with van der Waals surface area (Å²) >= 11 is 3.38. The summed E-state index contributed by atoms with van der Waals surface area (Å²) in [5.74, 6) is -1.34. The number of carboxylic acids is 2. The van der Waals surface area contributed by atoms with Crippen LogP contribution in [0.4, 0.5) is 0 Å². The molecule has 1 heterocycles. The summed E-state index contributed by atoms with van der Waals surface area (Å²) in [6.07, 6.45) is 0.419. The highest BCUT2D eigenvalue weighted by molar-refractivity contribution is 9.10. The van der Waals surface area contributed by atoms with Gasteiger partial charge in [-0.05, 0) is 23.8 Å². The predicted molar refractivity (Wildman–Crippen MR) is 74.0 cm³/mol. The topological polar surface area (TPSA) is 87.1 Å². The predicted octanol–water partition coefficient (Wildman–Crippen LogP) is 1.22. The van der Waals surface area contributed by atoms with Gasteiger partial charge in [0.05, 0.1) is 13.1 Å². The lowest BCUT2D eigenvalue weighted by atomic mass is 10.1. The molecule has 1 aliphatic rings. The molecule has 1 aromatic rings. The molecule has 1 atom stereocenters. The number of carboxylic acid groups (broad SMARTS) is 2. The Labute approximate surface area is 124 Å². The minimum absolute atomic E-state index is 0.224. The van der Waals surface area contributed by atoms with E-state index in [1.807, 2.05) is 18.2 Å². The van der Waals surface area contributed by atoms with Crippen LogP contribution in [0, 0.1) is 0 Å². The Balaban J connectivity index is 1.99. The van der Waals surface area contributed by atoms with Gasteiger partial charge in [0.1, 0.15) is 11.9 Å². The fraction of sp³-hybridized carbons (Fsp3) is 0.385. The number of benzene rings is 1. The van der Waals surface area contributed by atoms with E-state index in [1.165, 1.54) is 4.90 Å². The van der Waals surface area contributed by atoms with Gasteiger partial charge in [-0.15, -0.1) is 0 Å². The molecule has 2 rings (SSSR count). The van der Waals surface area contributed by atoms with Crippen molar-refractivity contribution < 1.29 is 24.5 Å². The zero-order valence-corrected chi connectivity index (χ0v) is 12.2. The van der Waals surface area contributed by atoms with Gasteiger partial charge in [-0.1, -0.05) is 15.9 Å². The maximum Gasteiger partial charge on any atom is 0.317 e. The Morgan fingerprint density at radius 3 is 2.55 bits per heavy atom. The number of fused-ring (bicyclic) bond motifs is 1. The first-order valence-electron chi connectivity index (χ1n) is 6.05. The van der Waals surface area contributed by atoms with E-state index in [0.717, 1.165) is 15.8 Å². The van der Waals surface area contributed by atoms with Crippen molar-refractivity contribution in [3.63, 3.8) is 0 Å². The molecular weight excluding hydrogens is 330 g/mol. The van der Waals surface area contributed by atoms with Crippen molar-refractivity contribution in [2.75, 3.05) is 19.6 Å². The van der Waals surface area contributed by atoms with Crippen LogP contribution in [0.3, 0.4) is 0 Å². The molecule has 0 saturated heterocycles. The molecule has 6 nitrogen and oxygen atoms in total. The van der Waals surface area contributed by atoms with Crippen molar-refractivity contribution in [2.45, 2.75) is 12.5 Å². The summed E-state index contributed by atoms with van der Waals surface area (Å²) < 4.78 is 6.66. The summed E-state index contributed by atoms with van der Waals surface area (Å²) in [4.78, 5) is 22.8. The minimum atomic E-state index is -1.05. The molecule has 1 aromatic carbocycles. The van der Waals surface area contributed by atoms with E-state index in [4.69, 9.17) is 14.9 Å². The Bertz CT molecular complexity index is 517. The molecule has 0 aliphatic carbocycles. The Hall–Kier alpha value is -1.60. The summed E-state index contributed by atoms with van der Waals surface area (Å²) in [6, 6.07) is 5.67. The number of nitrogens with zero attached hydrogens (tertiary/aromatic N) is 1. The Morgan fingerprint density at radius 2 is 1.95 bits per heavy atom. The number of rotatable bonds is 6. The highest BCUT2D eigenvalue weighted by Crippen LogP contribution is 2.31. The van der Waals surface area contributed by atoms with Crippen LogP contribution in [0.5, 0.6) is 5.75 Å². The van der Waals surface area contributed by atoms with Crippen LogP contribution >= 0.6 is 15.9 Å². The summed E-state index contributed by atoms with van der Waals surface area (Å²) in [7, 11) is 0. The van der Waals surface area contributed by atoms with E-state index in [0.29, 0.717) is 6.42 Å². The molecule has 20 heavy (non-hydrogen) atoms. The van der Waals surface area contributed by atoms with Gasteiger partial charge in [-0.25, -0.2) is 0 Å². The van der Waals surface area contributed by atoms with Crippen LogP contribution in [0.1, 0.15) is 5.56 Å². The quantitative estimate of drug-likeness (QED) is 0.807.